The van der Waals surface area contributed by atoms with Gasteiger partial charge in [0.25, 0.3) is 5.91 Å². The van der Waals surface area contributed by atoms with E-state index in [9.17, 15) is 4.79 Å². The van der Waals surface area contributed by atoms with Crippen molar-refractivity contribution in [2.24, 2.45) is 0 Å². The molecule has 2 rings (SSSR count). The average molecular weight is 244 g/mol. The second kappa shape index (κ2) is 5.09. The summed E-state index contributed by atoms with van der Waals surface area (Å²) >= 11 is 0. The third kappa shape index (κ3) is 2.70. The zero-order chi connectivity index (χ0) is 13.0. The molecule has 1 aromatic carbocycles. The van der Waals surface area contributed by atoms with Gasteiger partial charge in [-0.15, -0.1) is 0 Å². The number of anilines is 3. The summed E-state index contributed by atoms with van der Waals surface area (Å²) in [5.74, 6) is 0.275. The molecular formula is C11H12N6O. The van der Waals surface area contributed by atoms with Crippen LogP contribution < -0.4 is 16.4 Å². The van der Waals surface area contributed by atoms with E-state index < -0.39 is 0 Å². The van der Waals surface area contributed by atoms with E-state index in [1.54, 1.807) is 31.3 Å². The maximum atomic E-state index is 11.9. The Labute approximate surface area is 103 Å². The van der Waals surface area contributed by atoms with Gasteiger partial charge in [0.05, 0.1) is 0 Å². The summed E-state index contributed by atoms with van der Waals surface area (Å²) in [4.78, 5) is 23.5. The van der Waals surface area contributed by atoms with Crippen LogP contribution in [0, 0.1) is 0 Å². The summed E-state index contributed by atoms with van der Waals surface area (Å²) in [5.41, 5.74) is 6.63. The molecule has 1 heterocycles. The van der Waals surface area contributed by atoms with Crippen LogP contribution in [-0.2, 0) is 0 Å². The Balaban J connectivity index is 2.13. The predicted octanol–water partition coefficient (Wildman–Crippen LogP) is 0.748. The number of benzene rings is 1. The SMILES string of the molecule is CNc1ncnc(NC(=O)c2ccc(N)cc2)n1. The number of carbonyl (C=O) groups excluding carboxylic acids is 1. The van der Waals surface area contributed by atoms with Crippen LogP contribution in [0.25, 0.3) is 0 Å². The molecule has 4 N–H and O–H groups in total. The van der Waals surface area contributed by atoms with E-state index in [4.69, 9.17) is 5.73 Å². The second-order valence-electron chi connectivity index (χ2n) is 3.46. The number of nitrogens with two attached hydrogens (primary N) is 1. The van der Waals surface area contributed by atoms with Crippen LogP contribution in [0.5, 0.6) is 0 Å². The molecule has 2 aromatic rings. The lowest BCUT2D eigenvalue weighted by molar-refractivity contribution is 0.102. The number of hydrogen-bond acceptors (Lipinski definition) is 6. The quantitative estimate of drug-likeness (QED) is 0.688. The van der Waals surface area contributed by atoms with Crippen molar-refractivity contribution in [1.82, 2.24) is 15.0 Å². The molecule has 0 radical (unpaired) electrons. The fraction of sp³-hybridized carbons (Fsp3) is 0.0909. The van der Waals surface area contributed by atoms with Gasteiger partial charge in [0.2, 0.25) is 11.9 Å². The number of rotatable bonds is 3. The third-order valence-corrected chi connectivity index (χ3v) is 2.19. The van der Waals surface area contributed by atoms with Gasteiger partial charge < -0.3 is 11.1 Å². The molecular weight excluding hydrogens is 232 g/mol. The number of nitrogen functional groups attached to an aromatic ring is 1. The van der Waals surface area contributed by atoms with E-state index in [1.165, 1.54) is 6.33 Å². The molecule has 1 aromatic heterocycles. The van der Waals surface area contributed by atoms with Gasteiger partial charge in [-0.3, -0.25) is 10.1 Å². The summed E-state index contributed by atoms with van der Waals surface area (Å²) in [6.45, 7) is 0. The van der Waals surface area contributed by atoms with E-state index in [0.29, 0.717) is 17.2 Å². The topological polar surface area (TPSA) is 106 Å². The molecule has 1 amide bonds. The Morgan fingerprint density at radius 2 is 1.83 bits per heavy atom. The van der Waals surface area contributed by atoms with Gasteiger partial charge in [-0.2, -0.15) is 4.98 Å². The van der Waals surface area contributed by atoms with Crippen molar-refractivity contribution in [1.29, 1.82) is 0 Å². The van der Waals surface area contributed by atoms with Crippen molar-refractivity contribution < 1.29 is 4.79 Å². The number of nitrogens with zero attached hydrogens (tertiary/aromatic N) is 3. The highest BCUT2D eigenvalue weighted by Crippen LogP contribution is 2.08. The molecule has 0 saturated heterocycles. The van der Waals surface area contributed by atoms with Crippen LogP contribution >= 0.6 is 0 Å². The molecule has 92 valence electrons. The number of aromatic nitrogens is 3. The average Bonchev–Trinajstić information content (AvgIpc) is 2.39. The van der Waals surface area contributed by atoms with Crippen molar-refractivity contribution in [3.63, 3.8) is 0 Å². The molecule has 0 aliphatic heterocycles. The Kier molecular flexibility index (Phi) is 3.33. The minimum Gasteiger partial charge on any atom is -0.399 e. The van der Waals surface area contributed by atoms with Crippen molar-refractivity contribution in [3.8, 4) is 0 Å². The van der Waals surface area contributed by atoms with Crippen LogP contribution in [0.2, 0.25) is 0 Å². The molecule has 7 heteroatoms. The molecule has 18 heavy (non-hydrogen) atoms. The van der Waals surface area contributed by atoms with Gasteiger partial charge in [-0.1, -0.05) is 0 Å². The molecule has 0 unspecified atom stereocenters. The van der Waals surface area contributed by atoms with Crippen molar-refractivity contribution in [2.45, 2.75) is 0 Å². The smallest absolute Gasteiger partial charge is 0.258 e. The van der Waals surface area contributed by atoms with Crippen LogP contribution in [0.1, 0.15) is 10.4 Å². The molecule has 0 spiro atoms. The highest BCUT2D eigenvalue weighted by Gasteiger charge is 2.07. The van der Waals surface area contributed by atoms with Gasteiger partial charge in [-0.25, -0.2) is 9.97 Å². The molecule has 0 bridgehead atoms. The lowest BCUT2D eigenvalue weighted by Gasteiger charge is -2.04. The zero-order valence-corrected chi connectivity index (χ0v) is 9.71. The van der Waals surface area contributed by atoms with Gasteiger partial charge in [0.1, 0.15) is 6.33 Å². The van der Waals surface area contributed by atoms with E-state index in [0.717, 1.165) is 0 Å². The molecule has 0 fully saturated rings. The Hall–Kier alpha value is -2.70. The number of carbonyl (C=O) groups is 1. The molecule has 0 aliphatic carbocycles. The molecule has 0 atom stereocenters. The minimum atomic E-state index is -0.303. The van der Waals surface area contributed by atoms with Gasteiger partial charge in [-0.05, 0) is 24.3 Å². The van der Waals surface area contributed by atoms with Crippen molar-refractivity contribution >= 4 is 23.5 Å². The molecule has 0 aliphatic rings. The first-order chi connectivity index (χ1) is 8.69. The summed E-state index contributed by atoms with van der Waals surface area (Å²) < 4.78 is 0. The second-order valence-corrected chi connectivity index (χ2v) is 3.46. The highest BCUT2D eigenvalue weighted by atomic mass is 16.1. The van der Waals surface area contributed by atoms with Crippen LogP contribution in [0.15, 0.2) is 30.6 Å². The van der Waals surface area contributed by atoms with Crippen LogP contribution in [-0.4, -0.2) is 27.9 Å². The van der Waals surface area contributed by atoms with Gasteiger partial charge in [0.15, 0.2) is 0 Å². The highest BCUT2D eigenvalue weighted by molar-refractivity contribution is 6.03. The van der Waals surface area contributed by atoms with E-state index in [1.807, 2.05) is 0 Å². The monoisotopic (exact) mass is 244 g/mol. The fourth-order valence-corrected chi connectivity index (χ4v) is 1.29. The van der Waals surface area contributed by atoms with Crippen LogP contribution in [0.4, 0.5) is 17.6 Å². The summed E-state index contributed by atoms with van der Waals surface area (Å²) in [5, 5.41) is 5.33. The lowest BCUT2D eigenvalue weighted by atomic mass is 10.2. The minimum absolute atomic E-state index is 0.191. The maximum Gasteiger partial charge on any atom is 0.258 e. The normalized spacial score (nSPS) is 9.83. The zero-order valence-electron chi connectivity index (χ0n) is 9.71. The third-order valence-electron chi connectivity index (χ3n) is 2.19. The van der Waals surface area contributed by atoms with Gasteiger partial charge in [0, 0.05) is 18.3 Å². The predicted molar refractivity (Wildman–Crippen MR) is 68.2 cm³/mol. The number of nitrogens with one attached hydrogen (secondary N) is 2. The lowest BCUT2D eigenvalue weighted by Crippen LogP contribution is -2.15. The van der Waals surface area contributed by atoms with E-state index in [-0.39, 0.29) is 11.9 Å². The summed E-state index contributed by atoms with van der Waals surface area (Å²) in [6, 6.07) is 6.57. The summed E-state index contributed by atoms with van der Waals surface area (Å²) in [6.07, 6.45) is 1.32. The Morgan fingerprint density at radius 3 is 2.50 bits per heavy atom. The first kappa shape index (κ1) is 11.8. The number of amides is 1. The van der Waals surface area contributed by atoms with Crippen molar-refractivity contribution in [2.75, 3.05) is 23.4 Å². The van der Waals surface area contributed by atoms with Crippen molar-refractivity contribution in [3.05, 3.63) is 36.2 Å². The van der Waals surface area contributed by atoms with E-state index >= 15 is 0 Å². The first-order valence-corrected chi connectivity index (χ1v) is 5.22. The maximum absolute atomic E-state index is 11.9. The number of hydrogen-bond donors (Lipinski definition) is 3. The summed E-state index contributed by atoms with van der Waals surface area (Å²) in [7, 11) is 1.68. The standard InChI is InChI=1S/C11H12N6O/c1-13-10-14-6-15-11(17-10)16-9(18)7-2-4-8(12)5-3-7/h2-6H,12H2,1H3,(H2,13,14,15,16,17,18). The Morgan fingerprint density at radius 1 is 1.17 bits per heavy atom. The molecule has 7 nitrogen and oxygen atoms in total. The van der Waals surface area contributed by atoms with Crippen LogP contribution in [0.3, 0.4) is 0 Å². The fourth-order valence-electron chi connectivity index (χ4n) is 1.29. The van der Waals surface area contributed by atoms with E-state index in [2.05, 4.69) is 25.6 Å². The largest absolute Gasteiger partial charge is 0.399 e. The first-order valence-electron chi connectivity index (χ1n) is 5.22. The Bertz CT molecular complexity index is 554. The molecule has 0 saturated carbocycles. The van der Waals surface area contributed by atoms with Gasteiger partial charge >= 0.3 is 0 Å².